The fourth-order valence-corrected chi connectivity index (χ4v) is 3.13. The van der Waals surface area contributed by atoms with E-state index >= 15 is 0 Å². The number of carbonyl (C=O) groups excluding carboxylic acids is 1. The van der Waals surface area contributed by atoms with Crippen LogP contribution >= 0.6 is 0 Å². The van der Waals surface area contributed by atoms with E-state index in [0.717, 1.165) is 31.7 Å². The third-order valence-corrected chi connectivity index (χ3v) is 4.80. The van der Waals surface area contributed by atoms with E-state index in [1.807, 2.05) is 12.1 Å². The zero-order valence-electron chi connectivity index (χ0n) is 14.7. The molecule has 0 aromatic carbocycles. The molecular formula is C18H25N5O2. The first kappa shape index (κ1) is 17.4. The Kier molecular flexibility index (Phi) is 5.33. The molecule has 0 saturated carbocycles. The maximum atomic E-state index is 12.2. The summed E-state index contributed by atoms with van der Waals surface area (Å²) in [4.78, 5) is 16.2. The number of amides is 2. The average Bonchev–Trinajstić information content (AvgIpc) is 3.10. The van der Waals surface area contributed by atoms with Gasteiger partial charge in [-0.05, 0) is 36.3 Å². The number of carbonyl (C=O) groups is 1. The molecule has 3 heterocycles. The second-order valence-electron chi connectivity index (χ2n) is 7.06. The van der Waals surface area contributed by atoms with E-state index < -0.39 is 0 Å². The van der Waals surface area contributed by atoms with Gasteiger partial charge >= 0.3 is 6.03 Å². The van der Waals surface area contributed by atoms with Crippen LogP contribution in [0.5, 0.6) is 0 Å². The Bertz CT molecular complexity index is 693. The molecule has 0 radical (unpaired) electrons. The lowest BCUT2D eigenvalue weighted by atomic mass is 9.74. The number of pyridine rings is 1. The summed E-state index contributed by atoms with van der Waals surface area (Å²) in [6.07, 6.45) is 8.91. The minimum absolute atomic E-state index is 0.0440. The van der Waals surface area contributed by atoms with Crippen LogP contribution < -0.4 is 10.6 Å². The number of anilines is 1. The number of aromatic nitrogens is 3. The molecule has 2 amide bonds. The topological polar surface area (TPSA) is 81.1 Å². The smallest absolute Gasteiger partial charge is 0.319 e. The highest BCUT2D eigenvalue weighted by Gasteiger charge is 2.31. The first-order valence-corrected chi connectivity index (χ1v) is 8.62. The third kappa shape index (κ3) is 4.57. The molecule has 134 valence electrons. The largest absolute Gasteiger partial charge is 0.381 e. The van der Waals surface area contributed by atoms with Gasteiger partial charge in [-0.15, -0.1) is 0 Å². The minimum Gasteiger partial charge on any atom is -0.381 e. The third-order valence-electron chi connectivity index (χ3n) is 4.80. The highest BCUT2D eigenvalue weighted by atomic mass is 16.5. The van der Waals surface area contributed by atoms with Crippen LogP contribution in [0.3, 0.4) is 0 Å². The van der Waals surface area contributed by atoms with Gasteiger partial charge in [0.15, 0.2) is 0 Å². The van der Waals surface area contributed by atoms with Gasteiger partial charge in [-0.2, -0.15) is 5.10 Å². The number of hydrogen-bond donors (Lipinski definition) is 2. The molecule has 25 heavy (non-hydrogen) atoms. The van der Waals surface area contributed by atoms with E-state index in [1.165, 1.54) is 0 Å². The van der Waals surface area contributed by atoms with Crippen molar-refractivity contribution in [2.75, 3.05) is 25.1 Å². The van der Waals surface area contributed by atoms with Crippen molar-refractivity contribution in [3.63, 3.8) is 0 Å². The average molecular weight is 343 g/mol. The molecule has 1 aliphatic rings. The van der Waals surface area contributed by atoms with Crippen LogP contribution in [0, 0.1) is 11.3 Å². The normalized spacial score (nSPS) is 15.8. The Balaban J connectivity index is 1.52. The molecule has 0 bridgehead atoms. The molecule has 0 aliphatic carbocycles. The van der Waals surface area contributed by atoms with E-state index in [4.69, 9.17) is 4.74 Å². The highest BCUT2D eigenvalue weighted by Crippen LogP contribution is 2.33. The summed E-state index contributed by atoms with van der Waals surface area (Å²) in [7, 11) is 0. The van der Waals surface area contributed by atoms with Crippen molar-refractivity contribution < 1.29 is 9.53 Å². The van der Waals surface area contributed by atoms with Gasteiger partial charge in [-0.25, -0.2) is 9.48 Å². The summed E-state index contributed by atoms with van der Waals surface area (Å²) >= 11 is 0. The molecule has 3 rings (SSSR count). The Morgan fingerprint density at radius 2 is 2.04 bits per heavy atom. The van der Waals surface area contributed by atoms with Gasteiger partial charge in [-0.3, -0.25) is 4.98 Å². The fourth-order valence-electron chi connectivity index (χ4n) is 3.13. The number of urea groups is 1. The summed E-state index contributed by atoms with van der Waals surface area (Å²) in [5.74, 6) is 0.566. The highest BCUT2D eigenvalue weighted by molar-refractivity contribution is 5.88. The first-order valence-electron chi connectivity index (χ1n) is 8.62. The SMILES string of the molecule is CC(C)(CNC(=O)Nc1cnn(-c2ccncc2)c1)C1CCOCC1. The van der Waals surface area contributed by atoms with E-state index in [2.05, 4.69) is 34.6 Å². The lowest BCUT2D eigenvalue weighted by Gasteiger charge is -2.37. The Morgan fingerprint density at radius 1 is 1.32 bits per heavy atom. The van der Waals surface area contributed by atoms with Gasteiger partial charge in [0.05, 0.1) is 23.8 Å². The van der Waals surface area contributed by atoms with Crippen LogP contribution in [0.4, 0.5) is 10.5 Å². The van der Waals surface area contributed by atoms with Crippen molar-refractivity contribution in [3.8, 4) is 5.69 Å². The molecule has 1 fully saturated rings. The lowest BCUT2D eigenvalue weighted by molar-refractivity contribution is 0.0238. The van der Waals surface area contributed by atoms with E-state index in [9.17, 15) is 4.79 Å². The Labute approximate surface area is 147 Å². The quantitative estimate of drug-likeness (QED) is 0.875. The molecule has 1 aliphatic heterocycles. The van der Waals surface area contributed by atoms with Crippen molar-refractivity contribution in [3.05, 3.63) is 36.9 Å². The second kappa shape index (κ2) is 7.65. The first-order chi connectivity index (χ1) is 12.0. The fraction of sp³-hybridized carbons (Fsp3) is 0.500. The standard InChI is InChI=1S/C18H25N5O2/c1-18(2,14-5-9-25-10-6-14)13-20-17(24)22-15-11-21-23(12-15)16-3-7-19-8-4-16/h3-4,7-8,11-12,14H,5-6,9-10,13H2,1-2H3,(H2,20,22,24). The number of ether oxygens (including phenoxy) is 1. The molecule has 0 unspecified atom stereocenters. The monoisotopic (exact) mass is 343 g/mol. The summed E-state index contributed by atoms with van der Waals surface area (Å²) in [6.45, 7) is 6.65. The maximum absolute atomic E-state index is 12.2. The number of hydrogen-bond acceptors (Lipinski definition) is 4. The maximum Gasteiger partial charge on any atom is 0.319 e. The van der Waals surface area contributed by atoms with E-state index in [1.54, 1.807) is 29.5 Å². The van der Waals surface area contributed by atoms with Gasteiger partial charge in [0.25, 0.3) is 0 Å². The summed E-state index contributed by atoms with van der Waals surface area (Å²) < 4.78 is 7.12. The molecule has 2 aromatic heterocycles. The molecular weight excluding hydrogens is 318 g/mol. The van der Waals surface area contributed by atoms with Gasteiger partial charge < -0.3 is 15.4 Å². The minimum atomic E-state index is -0.214. The van der Waals surface area contributed by atoms with Crippen LogP contribution in [0.25, 0.3) is 5.69 Å². The van der Waals surface area contributed by atoms with Gasteiger partial charge in [-0.1, -0.05) is 13.8 Å². The summed E-state index contributed by atoms with van der Waals surface area (Å²) in [5.41, 5.74) is 1.59. The van der Waals surface area contributed by atoms with Crippen molar-refractivity contribution >= 4 is 11.7 Å². The molecule has 0 atom stereocenters. The Hall–Kier alpha value is -2.41. The molecule has 1 saturated heterocycles. The molecule has 7 heteroatoms. The zero-order chi connectivity index (χ0) is 17.7. The summed E-state index contributed by atoms with van der Waals surface area (Å²) in [5, 5.41) is 10.1. The zero-order valence-corrected chi connectivity index (χ0v) is 14.7. The second-order valence-corrected chi connectivity index (χ2v) is 7.06. The summed E-state index contributed by atoms with van der Waals surface area (Å²) in [6, 6.07) is 3.50. The van der Waals surface area contributed by atoms with Gasteiger partial charge in [0.1, 0.15) is 0 Å². The van der Waals surface area contributed by atoms with Crippen LogP contribution in [0.1, 0.15) is 26.7 Å². The van der Waals surface area contributed by atoms with Gasteiger partial charge in [0, 0.05) is 32.2 Å². The van der Waals surface area contributed by atoms with E-state index in [-0.39, 0.29) is 11.4 Å². The molecule has 7 nitrogen and oxygen atoms in total. The Morgan fingerprint density at radius 3 is 2.76 bits per heavy atom. The molecule has 0 spiro atoms. The number of rotatable bonds is 5. The number of nitrogens with one attached hydrogen (secondary N) is 2. The van der Waals surface area contributed by atoms with Crippen molar-refractivity contribution in [1.82, 2.24) is 20.1 Å². The van der Waals surface area contributed by atoms with Crippen LogP contribution in [0.2, 0.25) is 0 Å². The van der Waals surface area contributed by atoms with Crippen LogP contribution in [-0.4, -0.2) is 40.6 Å². The van der Waals surface area contributed by atoms with Crippen molar-refractivity contribution in [2.24, 2.45) is 11.3 Å². The lowest BCUT2D eigenvalue weighted by Crippen LogP contribution is -2.42. The molecule has 2 aromatic rings. The predicted molar refractivity (Wildman–Crippen MR) is 95.7 cm³/mol. The molecule has 2 N–H and O–H groups in total. The van der Waals surface area contributed by atoms with Gasteiger partial charge in [0.2, 0.25) is 0 Å². The van der Waals surface area contributed by atoms with Crippen LogP contribution in [-0.2, 0) is 4.74 Å². The van der Waals surface area contributed by atoms with Crippen LogP contribution in [0.15, 0.2) is 36.9 Å². The van der Waals surface area contributed by atoms with Crippen molar-refractivity contribution in [1.29, 1.82) is 0 Å². The van der Waals surface area contributed by atoms with Crippen molar-refractivity contribution in [2.45, 2.75) is 26.7 Å². The van der Waals surface area contributed by atoms with E-state index in [0.29, 0.717) is 18.2 Å². The predicted octanol–water partition coefficient (Wildman–Crippen LogP) is 2.84. The number of nitrogens with zero attached hydrogens (tertiary/aromatic N) is 3.